The van der Waals surface area contributed by atoms with Gasteiger partial charge in [0, 0.05) is 32.3 Å². The zero-order valence-electron chi connectivity index (χ0n) is 35.6. The van der Waals surface area contributed by atoms with Crippen molar-refractivity contribution in [3.05, 3.63) is 161 Å². The molecule has 63 heavy (non-hydrogen) atoms. The molecule has 13 aromatic rings. The van der Waals surface area contributed by atoms with Crippen LogP contribution in [0.1, 0.15) is 33.4 Å². The highest BCUT2D eigenvalue weighted by atomic mass is 15.1. The van der Waals surface area contributed by atoms with E-state index in [4.69, 9.17) is 29.9 Å². The summed E-state index contributed by atoms with van der Waals surface area (Å²) in [5.41, 5.74) is 17.2. The van der Waals surface area contributed by atoms with E-state index in [1.165, 1.54) is 32.3 Å². The largest absolute Gasteiger partial charge is 0.292 e. The van der Waals surface area contributed by atoms with Gasteiger partial charge in [-0.05, 0) is 74.9 Å². The smallest absolute Gasteiger partial charge is 0.157 e. The van der Waals surface area contributed by atoms with Gasteiger partial charge in [-0.3, -0.25) is 13.7 Å². The van der Waals surface area contributed by atoms with Crippen LogP contribution in [0.4, 0.5) is 0 Å². The van der Waals surface area contributed by atoms with Gasteiger partial charge in [-0.1, -0.05) is 109 Å². The number of aromatic nitrogens is 9. The van der Waals surface area contributed by atoms with E-state index < -0.39 is 0 Å². The quantitative estimate of drug-likeness (QED) is 0.165. The molecule has 6 heterocycles. The second-order valence-electron chi connectivity index (χ2n) is 17.1. The first-order valence-electron chi connectivity index (χ1n) is 21.4. The van der Waals surface area contributed by atoms with Crippen LogP contribution >= 0.6 is 0 Å². The predicted molar refractivity (Wildman–Crippen MR) is 257 cm³/mol. The van der Waals surface area contributed by atoms with Crippen LogP contribution in [0.15, 0.2) is 128 Å². The van der Waals surface area contributed by atoms with Crippen LogP contribution in [0.25, 0.3) is 116 Å². The lowest BCUT2D eigenvalue weighted by Crippen LogP contribution is -2.06. The van der Waals surface area contributed by atoms with Gasteiger partial charge in [0.2, 0.25) is 0 Å². The Bertz CT molecular complexity index is 3530. The number of para-hydroxylation sites is 6. The number of hydrogen-bond donors (Lipinski definition) is 0. The maximum absolute atomic E-state index is 5.54. The molecule has 0 spiro atoms. The molecule has 0 aliphatic rings. The van der Waals surface area contributed by atoms with E-state index in [1.807, 2.05) is 18.6 Å². The summed E-state index contributed by atoms with van der Waals surface area (Å²) >= 11 is 0. The molecule has 0 amide bonds. The Kier molecular flexibility index (Phi) is 7.22. The summed E-state index contributed by atoms with van der Waals surface area (Å²) in [4.78, 5) is 32.4. The van der Waals surface area contributed by atoms with Crippen molar-refractivity contribution in [1.29, 1.82) is 0 Å². The SMILES string of the molecule is Cc1cccc2c3cccc(C)c3n(-c3cnc4c(n3)c3ncc(-n5c6c(C)cccc6c6cccc(C)c65)nc3c3ncc(-n5c6c(C)cccc6c6cccc(C)c65)nc43)c12. The maximum atomic E-state index is 5.54. The molecule has 6 aromatic heterocycles. The molecular weight excluding hydrogens is 775 g/mol. The van der Waals surface area contributed by atoms with Crippen LogP contribution in [0.5, 0.6) is 0 Å². The number of aryl methyl sites for hydroxylation is 6. The second-order valence-corrected chi connectivity index (χ2v) is 17.1. The Balaban J connectivity index is 1.17. The molecule has 0 unspecified atom stereocenters. The minimum atomic E-state index is 0.613. The van der Waals surface area contributed by atoms with Crippen molar-refractivity contribution < 1.29 is 0 Å². The van der Waals surface area contributed by atoms with Crippen LogP contribution in [0.3, 0.4) is 0 Å². The Labute approximate surface area is 361 Å². The molecule has 13 rings (SSSR count). The first kappa shape index (κ1) is 35.7. The van der Waals surface area contributed by atoms with Crippen molar-refractivity contribution in [2.45, 2.75) is 41.5 Å². The highest BCUT2D eigenvalue weighted by Gasteiger charge is 2.24. The molecule has 300 valence electrons. The standard InChI is InChI=1S/C54H39N9/c1-28-13-7-19-34-35-20-8-14-29(2)50(35)61(49(28)34)40-25-55-43-46(58-40)44-48(60-41(26-56-44)62-51-30(3)15-9-21-36(51)37-22-10-16-31(4)52(37)62)45-47(43)59-42(27-57-45)63-53-32(5)17-11-23-38(53)39-24-12-18-33(6)54(39)63/h7-27H,1-6H3. The summed E-state index contributed by atoms with van der Waals surface area (Å²) in [5, 5.41) is 7.04. The topological polar surface area (TPSA) is 92.1 Å². The first-order valence-corrected chi connectivity index (χ1v) is 21.4. The molecule has 9 nitrogen and oxygen atoms in total. The Hall–Kier alpha value is -8.04. The van der Waals surface area contributed by atoms with Crippen LogP contribution in [-0.4, -0.2) is 43.6 Å². The first-order chi connectivity index (χ1) is 30.8. The molecule has 0 radical (unpaired) electrons. The zero-order chi connectivity index (χ0) is 42.4. The number of hydrogen-bond acceptors (Lipinski definition) is 6. The van der Waals surface area contributed by atoms with Crippen molar-refractivity contribution in [2.24, 2.45) is 0 Å². The van der Waals surface area contributed by atoms with Crippen molar-refractivity contribution in [1.82, 2.24) is 43.6 Å². The molecule has 0 aliphatic carbocycles. The van der Waals surface area contributed by atoms with Gasteiger partial charge >= 0.3 is 0 Å². The van der Waals surface area contributed by atoms with Gasteiger partial charge in [0.05, 0.1) is 51.7 Å². The van der Waals surface area contributed by atoms with E-state index in [0.29, 0.717) is 50.6 Å². The molecule has 7 aromatic carbocycles. The minimum Gasteiger partial charge on any atom is -0.292 e. The molecule has 0 saturated heterocycles. The Morgan fingerprint density at radius 3 is 0.683 bits per heavy atom. The van der Waals surface area contributed by atoms with Crippen LogP contribution in [0, 0.1) is 41.5 Å². The molecular formula is C54H39N9. The number of rotatable bonds is 3. The van der Waals surface area contributed by atoms with Crippen LogP contribution in [0.2, 0.25) is 0 Å². The van der Waals surface area contributed by atoms with Crippen LogP contribution in [-0.2, 0) is 0 Å². The van der Waals surface area contributed by atoms with E-state index in [9.17, 15) is 0 Å². The third-order valence-corrected chi connectivity index (χ3v) is 13.3. The third-order valence-electron chi connectivity index (χ3n) is 13.3. The average Bonchev–Trinajstić information content (AvgIpc) is 3.96. The lowest BCUT2D eigenvalue weighted by Gasteiger charge is -2.15. The molecule has 0 saturated carbocycles. The Morgan fingerprint density at radius 2 is 0.476 bits per heavy atom. The lowest BCUT2D eigenvalue weighted by atomic mass is 10.1. The van der Waals surface area contributed by atoms with E-state index in [1.54, 1.807) is 0 Å². The van der Waals surface area contributed by atoms with Crippen molar-refractivity contribution in [3.8, 4) is 17.5 Å². The lowest BCUT2D eigenvalue weighted by molar-refractivity contribution is 1.05. The van der Waals surface area contributed by atoms with Gasteiger partial charge in [-0.2, -0.15) is 0 Å². The number of fused-ring (bicyclic) bond motifs is 15. The zero-order valence-corrected chi connectivity index (χ0v) is 35.6. The Morgan fingerprint density at radius 1 is 0.270 bits per heavy atom. The molecule has 0 fully saturated rings. The summed E-state index contributed by atoms with van der Waals surface area (Å²) in [7, 11) is 0. The highest BCUT2D eigenvalue weighted by molar-refractivity contribution is 6.19. The second kappa shape index (κ2) is 12.7. The minimum absolute atomic E-state index is 0.613. The molecule has 0 atom stereocenters. The monoisotopic (exact) mass is 813 g/mol. The van der Waals surface area contributed by atoms with E-state index >= 15 is 0 Å². The number of benzene rings is 7. The number of nitrogens with zero attached hydrogens (tertiary/aromatic N) is 9. The highest BCUT2D eigenvalue weighted by Crippen LogP contribution is 2.40. The van der Waals surface area contributed by atoms with Crippen molar-refractivity contribution >= 4 is 98.5 Å². The van der Waals surface area contributed by atoms with Gasteiger partial charge in [0.1, 0.15) is 33.1 Å². The average molecular weight is 814 g/mol. The third kappa shape index (κ3) is 4.76. The van der Waals surface area contributed by atoms with Gasteiger partial charge in [0.15, 0.2) is 17.5 Å². The van der Waals surface area contributed by atoms with Gasteiger partial charge < -0.3 is 0 Å². The molecule has 0 bridgehead atoms. The molecule has 0 aliphatic heterocycles. The summed E-state index contributed by atoms with van der Waals surface area (Å²) < 4.78 is 6.78. The fourth-order valence-electron chi connectivity index (χ4n) is 10.5. The summed E-state index contributed by atoms with van der Waals surface area (Å²) in [5.74, 6) is 2.09. The van der Waals surface area contributed by atoms with E-state index in [-0.39, 0.29) is 0 Å². The summed E-state index contributed by atoms with van der Waals surface area (Å²) in [6.07, 6.45) is 5.62. The van der Waals surface area contributed by atoms with E-state index in [2.05, 4.69) is 164 Å². The predicted octanol–water partition coefficient (Wildman–Crippen LogP) is 12.7. The molecule has 0 N–H and O–H groups in total. The van der Waals surface area contributed by atoms with Crippen molar-refractivity contribution in [3.63, 3.8) is 0 Å². The van der Waals surface area contributed by atoms with Crippen LogP contribution < -0.4 is 0 Å². The van der Waals surface area contributed by atoms with Gasteiger partial charge in [0.25, 0.3) is 0 Å². The van der Waals surface area contributed by atoms with Crippen molar-refractivity contribution in [2.75, 3.05) is 0 Å². The van der Waals surface area contributed by atoms with Gasteiger partial charge in [-0.25, -0.2) is 29.9 Å². The molecule has 9 heteroatoms. The van der Waals surface area contributed by atoms with Gasteiger partial charge in [-0.15, -0.1) is 0 Å². The fourth-order valence-corrected chi connectivity index (χ4v) is 10.5. The van der Waals surface area contributed by atoms with E-state index in [0.717, 1.165) is 66.5 Å². The maximum Gasteiger partial charge on any atom is 0.157 e. The summed E-state index contributed by atoms with van der Waals surface area (Å²) in [6, 6.07) is 38.8. The normalized spacial score (nSPS) is 12.3. The fraction of sp³-hybridized carbons (Fsp3) is 0.111. The summed E-state index contributed by atoms with van der Waals surface area (Å²) in [6.45, 7) is 12.9.